The number of carbonyl (C=O) groups is 1. The summed E-state index contributed by atoms with van der Waals surface area (Å²) in [7, 11) is 0. The molecular weight excluding hydrogens is 302 g/mol. The Morgan fingerprint density at radius 2 is 1.92 bits per heavy atom. The van der Waals surface area contributed by atoms with Gasteiger partial charge in [0, 0.05) is 17.5 Å². The summed E-state index contributed by atoms with van der Waals surface area (Å²) < 4.78 is 5.20. The summed E-state index contributed by atoms with van der Waals surface area (Å²) in [5.74, 6) is -0.0626. The average molecular weight is 325 g/mol. The van der Waals surface area contributed by atoms with Crippen LogP contribution < -0.4 is 5.32 Å². The van der Waals surface area contributed by atoms with Crippen LogP contribution in [0.25, 0.3) is 11.1 Å². The van der Waals surface area contributed by atoms with Gasteiger partial charge in [0.25, 0.3) is 5.91 Å². The van der Waals surface area contributed by atoms with Crippen molar-refractivity contribution in [1.82, 2.24) is 5.32 Å². The van der Waals surface area contributed by atoms with Crippen molar-refractivity contribution in [3.05, 3.63) is 59.7 Å². The Bertz CT molecular complexity index is 718. The molecule has 2 N–H and O–H groups in total. The third-order valence-electron chi connectivity index (χ3n) is 4.43. The van der Waals surface area contributed by atoms with Gasteiger partial charge in [-0.25, -0.2) is 0 Å². The molecule has 1 aliphatic rings. The predicted molar refractivity (Wildman–Crippen MR) is 93.8 cm³/mol. The van der Waals surface area contributed by atoms with Crippen molar-refractivity contribution in [2.45, 2.75) is 20.0 Å². The summed E-state index contributed by atoms with van der Waals surface area (Å²) in [5.41, 5.74) is 3.64. The van der Waals surface area contributed by atoms with Gasteiger partial charge in [0.05, 0.1) is 19.3 Å². The molecule has 0 radical (unpaired) electrons. The van der Waals surface area contributed by atoms with Crippen LogP contribution in [0.1, 0.15) is 35.9 Å². The van der Waals surface area contributed by atoms with E-state index in [4.69, 9.17) is 4.74 Å². The van der Waals surface area contributed by atoms with Crippen LogP contribution in [0.2, 0.25) is 0 Å². The second-order valence-corrected chi connectivity index (χ2v) is 6.86. The molecule has 0 spiro atoms. The highest BCUT2D eigenvalue weighted by Gasteiger charge is 2.33. The summed E-state index contributed by atoms with van der Waals surface area (Å²) in [5, 5.41) is 12.7. The smallest absolute Gasteiger partial charge is 0.251 e. The van der Waals surface area contributed by atoms with E-state index in [9.17, 15) is 9.90 Å². The number of rotatable bonds is 5. The molecule has 1 amide bonds. The van der Waals surface area contributed by atoms with Crippen molar-refractivity contribution in [3.8, 4) is 11.1 Å². The van der Waals surface area contributed by atoms with Crippen LogP contribution in [0.15, 0.2) is 48.5 Å². The summed E-state index contributed by atoms with van der Waals surface area (Å²) in [6.45, 7) is 5.89. The second kappa shape index (κ2) is 6.75. The van der Waals surface area contributed by atoms with E-state index in [1.54, 1.807) is 6.92 Å². The monoisotopic (exact) mass is 325 g/mol. The maximum atomic E-state index is 12.2. The summed E-state index contributed by atoms with van der Waals surface area (Å²) >= 11 is 0. The van der Waals surface area contributed by atoms with Gasteiger partial charge in [0.2, 0.25) is 0 Å². The number of hydrogen-bond acceptors (Lipinski definition) is 3. The van der Waals surface area contributed by atoms with E-state index in [0.717, 1.165) is 16.7 Å². The molecular formula is C20H23NO3. The molecule has 0 bridgehead atoms. The van der Waals surface area contributed by atoms with Gasteiger partial charge in [-0.2, -0.15) is 0 Å². The Hall–Kier alpha value is -2.17. The molecule has 1 fully saturated rings. The molecule has 4 nitrogen and oxygen atoms in total. The van der Waals surface area contributed by atoms with Gasteiger partial charge in [0.1, 0.15) is 0 Å². The number of aliphatic hydroxyl groups is 1. The molecule has 2 aromatic rings. The first kappa shape index (κ1) is 16.7. The molecule has 1 heterocycles. The van der Waals surface area contributed by atoms with Gasteiger partial charge in [-0.1, -0.05) is 37.3 Å². The van der Waals surface area contributed by atoms with E-state index in [1.807, 2.05) is 48.5 Å². The number of hydrogen-bond donors (Lipinski definition) is 2. The Kier molecular flexibility index (Phi) is 4.69. The van der Waals surface area contributed by atoms with E-state index in [-0.39, 0.29) is 11.3 Å². The molecule has 0 aromatic heterocycles. The lowest BCUT2D eigenvalue weighted by Crippen LogP contribution is -2.48. The third kappa shape index (κ3) is 3.66. The average Bonchev–Trinajstić information content (AvgIpc) is 2.58. The Labute approximate surface area is 142 Å². The molecule has 2 aromatic carbocycles. The number of ether oxygens (including phenoxy) is 1. The zero-order valence-electron chi connectivity index (χ0n) is 14.1. The highest BCUT2D eigenvalue weighted by atomic mass is 16.5. The molecule has 24 heavy (non-hydrogen) atoms. The van der Waals surface area contributed by atoms with Crippen LogP contribution >= 0.6 is 0 Å². The summed E-state index contributed by atoms with van der Waals surface area (Å²) in [6.07, 6.45) is -0.494. The van der Waals surface area contributed by atoms with Crippen LogP contribution in [0.3, 0.4) is 0 Å². The molecule has 1 aliphatic heterocycles. The maximum Gasteiger partial charge on any atom is 0.251 e. The topological polar surface area (TPSA) is 58.6 Å². The van der Waals surface area contributed by atoms with Crippen LogP contribution in [-0.4, -0.2) is 30.8 Å². The molecule has 0 aliphatic carbocycles. The van der Waals surface area contributed by atoms with Gasteiger partial charge < -0.3 is 15.2 Å². The van der Waals surface area contributed by atoms with E-state index in [1.165, 1.54) is 0 Å². The van der Waals surface area contributed by atoms with E-state index in [2.05, 4.69) is 12.2 Å². The zero-order valence-corrected chi connectivity index (χ0v) is 14.1. The van der Waals surface area contributed by atoms with Gasteiger partial charge >= 0.3 is 0 Å². The standard InChI is InChI=1S/C20H23NO3/c1-14(22)17-4-3-5-18(10-17)15-6-8-16(9-7-15)19(23)21-11-20(2)12-24-13-20/h3-10,14,22H,11-13H2,1-2H3,(H,21,23). The lowest BCUT2D eigenvalue weighted by molar-refractivity contribution is -0.0978. The molecule has 3 rings (SSSR count). The molecule has 1 atom stereocenters. The number of nitrogens with one attached hydrogen (secondary N) is 1. The predicted octanol–water partition coefficient (Wildman–Crippen LogP) is 3.17. The van der Waals surface area contributed by atoms with Crippen molar-refractivity contribution >= 4 is 5.91 Å². The Balaban J connectivity index is 1.68. The van der Waals surface area contributed by atoms with E-state index in [0.29, 0.717) is 25.3 Å². The van der Waals surface area contributed by atoms with Crippen LogP contribution in [0.5, 0.6) is 0 Å². The summed E-state index contributed by atoms with van der Waals surface area (Å²) in [4.78, 5) is 12.2. The van der Waals surface area contributed by atoms with Gasteiger partial charge in [-0.05, 0) is 41.8 Å². The molecule has 1 saturated heterocycles. The largest absolute Gasteiger partial charge is 0.389 e. The fourth-order valence-corrected chi connectivity index (χ4v) is 2.74. The molecule has 0 saturated carbocycles. The van der Waals surface area contributed by atoms with Gasteiger partial charge in [0.15, 0.2) is 0 Å². The number of aliphatic hydroxyl groups excluding tert-OH is 1. The van der Waals surface area contributed by atoms with Crippen molar-refractivity contribution < 1.29 is 14.6 Å². The molecule has 126 valence electrons. The van der Waals surface area contributed by atoms with Gasteiger partial charge in [-0.3, -0.25) is 4.79 Å². The number of benzene rings is 2. The minimum Gasteiger partial charge on any atom is -0.389 e. The third-order valence-corrected chi connectivity index (χ3v) is 4.43. The Morgan fingerprint density at radius 1 is 1.21 bits per heavy atom. The van der Waals surface area contributed by atoms with E-state index >= 15 is 0 Å². The highest BCUT2D eigenvalue weighted by Crippen LogP contribution is 2.26. The SMILES string of the molecule is CC(O)c1cccc(-c2ccc(C(=O)NCC3(C)COC3)cc2)c1. The molecule has 4 heteroatoms. The number of carbonyl (C=O) groups excluding carboxylic acids is 1. The van der Waals surface area contributed by atoms with E-state index < -0.39 is 6.10 Å². The normalized spacial score (nSPS) is 17.0. The quantitative estimate of drug-likeness (QED) is 0.888. The van der Waals surface area contributed by atoms with Crippen LogP contribution in [0.4, 0.5) is 0 Å². The maximum absolute atomic E-state index is 12.2. The second-order valence-electron chi connectivity index (χ2n) is 6.86. The zero-order chi connectivity index (χ0) is 17.2. The fourth-order valence-electron chi connectivity index (χ4n) is 2.74. The van der Waals surface area contributed by atoms with Crippen LogP contribution in [0, 0.1) is 5.41 Å². The van der Waals surface area contributed by atoms with Crippen molar-refractivity contribution in [1.29, 1.82) is 0 Å². The highest BCUT2D eigenvalue weighted by molar-refractivity contribution is 5.94. The Morgan fingerprint density at radius 3 is 2.50 bits per heavy atom. The lowest BCUT2D eigenvalue weighted by atomic mass is 9.88. The first-order valence-electron chi connectivity index (χ1n) is 8.21. The van der Waals surface area contributed by atoms with Gasteiger partial charge in [-0.15, -0.1) is 0 Å². The lowest BCUT2D eigenvalue weighted by Gasteiger charge is -2.38. The minimum absolute atomic E-state index is 0.0626. The van der Waals surface area contributed by atoms with Crippen molar-refractivity contribution in [2.24, 2.45) is 5.41 Å². The number of amides is 1. The fraction of sp³-hybridized carbons (Fsp3) is 0.350. The molecule has 1 unspecified atom stereocenters. The van der Waals surface area contributed by atoms with Crippen molar-refractivity contribution in [2.75, 3.05) is 19.8 Å². The summed E-state index contributed by atoms with van der Waals surface area (Å²) in [6, 6.07) is 15.3. The first-order valence-corrected chi connectivity index (χ1v) is 8.21. The minimum atomic E-state index is -0.494. The van der Waals surface area contributed by atoms with Crippen molar-refractivity contribution in [3.63, 3.8) is 0 Å². The first-order chi connectivity index (χ1) is 11.5. The van der Waals surface area contributed by atoms with Crippen LogP contribution in [-0.2, 0) is 4.74 Å².